The maximum absolute atomic E-state index is 12.2. The van der Waals surface area contributed by atoms with Crippen LogP contribution in [0.1, 0.15) is 38.2 Å². The Kier molecular flexibility index (Phi) is 4.04. The fourth-order valence-corrected chi connectivity index (χ4v) is 3.23. The largest absolute Gasteiger partial charge is 0.284 e. The molecule has 1 fully saturated rings. The second-order valence-corrected chi connectivity index (χ2v) is 6.43. The Labute approximate surface area is 109 Å². The first-order valence-electron chi connectivity index (χ1n) is 6.31. The van der Waals surface area contributed by atoms with Gasteiger partial charge in [0.25, 0.3) is 10.0 Å². The summed E-state index contributed by atoms with van der Waals surface area (Å²) in [6, 6.07) is 7.10. The van der Waals surface area contributed by atoms with Gasteiger partial charge < -0.3 is 0 Å². The van der Waals surface area contributed by atoms with Crippen molar-refractivity contribution in [1.82, 2.24) is 4.47 Å². The van der Waals surface area contributed by atoms with Gasteiger partial charge in [-0.15, -0.1) is 0 Å². The van der Waals surface area contributed by atoms with Gasteiger partial charge in [0.15, 0.2) is 0 Å². The smallest absolute Gasteiger partial charge is 0.265 e. The molecule has 1 atom stereocenters. The van der Waals surface area contributed by atoms with Crippen molar-refractivity contribution in [3.05, 3.63) is 29.8 Å². The van der Waals surface area contributed by atoms with E-state index in [4.69, 9.17) is 4.84 Å². The lowest BCUT2D eigenvalue weighted by Crippen LogP contribution is -2.26. The normalized spacial score (nSPS) is 19.0. The summed E-state index contributed by atoms with van der Waals surface area (Å²) in [4.78, 5) is 5.42. The molecule has 2 rings (SSSR count). The first-order valence-corrected chi connectivity index (χ1v) is 7.75. The van der Waals surface area contributed by atoms with E-state index in [-0.39, 0.29) is 0 Å². The van der Waals surface area contributed by atoms with Crippen LogP contribution >= 0.6 is 0 Å². The third-order valence-electron chi connectivity index (χ3n) is 3.35. The molecule has 0 aliphatic carbocycles. The summed E-state index contributed by atoms with van der Waals surface area (Å²) < 4.78 is 25.5. The summed E-state index contributed by atoms with van der Waals surface area (Å²) in [5.74, 6) is 0.449. The van der Waals surface area contributed by atoms with Crippen LogP contribution in [-0.4, -0.2) is 26.0 Å². The fourth-order valence-electron chi connectivity index (χ4n) is 1.94. The molecule has 1 unspecified atom stereocenters. The average molecular weight is 269 g/mol. The van der Waals surface area contributed by atoms with Crippen molar-refractivity contribution in [2.75, 3.05) is 13.2 Å². The molecule has 5 heteroatoms. The van der Waals surface area contributed by atoms with Crippen molar-refractivity contribution in [2.24, 2.45) is 0 Å². The molecule has 0 saturated carbocycles. The van der Waals surface area contributed by atoms with Crippen LogP contribution in [-0.2, 0) is 14.9 Å². The molecule has 1 aliphatic rings. The first kappa shape index (κ1) is 13.5. The summed E-state index contributed by atoms with van der Waals surface area (Å²) >= 11 is 0. The standard InChI is InChI=1S/C13H19NO3S/c1-3-11(2)12-5-7-13(8-6-12)18(15,16)14-9-4-10-17-14/h5-8,11H,3-4,9-10H2,1-2H3. The molecular weight excluding hydrogens is 250 g/mol. The van der Waals surface area contributed by atoms with Crippen LogP contribution in [0.4, 0.5) is 0 Å². The lowest BCUT2D eigenvalue weighted by atomic mass is 9.99. The van der Waals surface area contributed by atoms with Crippen molar-refractivity contribution in [3.63, 3.8) is 0 Å². The van der Waals surface area contributed by atoms with Crippen LogP contribution in [0.25, 0.3) is 0 Å². The SMILES string of the molecule is CCC(C)c1ccc(S(=O)(=O)N2CCCO2)cc1. The van der Waals surface area contributed by atoms with Gasteiger partial charge in [0, 0.05) is 6.54 Å². The number of nitrogens with zero attached hydrogens (tertiary/aromatic N) is 1. The second kappa shape index (κ2) is 5.38. The van der Waals surface area contributed by atoms with E-state index < -0.39 is 10.0 Å². The van der Waals surface area contributed by atoms with Crippen molar-refractivity contribution >= 4 is 10.0 Å². The lowest BCUT2D eigenvalue weighted by Gasteiger charge is -2.15. The Morgan fingerprint density at radius 3 is 2.50 bits per heavy atom. The lowest BCUT2D eigenvalue weighted by molar-refractivity contribution is -0.0284. The summed E-state index contributed by atoms with van der Waals surface area (Å²) in [7, 11) is -3.48. The first-order chi connectivity index (χ1) is 8.55. The Morgan fingerprint density at radius 1 is 1.33 bits per heavy atom. The minimum atomic E-state index is -3.48. The van der Waals surface area contributed by atoms with Crippen LogP contribution in [0.2, 0.25) is 0 Å². The Hall–Kier alpha value is -0.910. The van der Waals surface area contributed by atoms with Gasteiger partial charge >= 0.3 is 0 Å². The van der Waals surface area contributed by atoms with Gasteiger partial charge in [-0.2, -0.15) is 0 Å². The molecule has 0 aromatic heterocycles. The molecule has 1 heterocycles. The summed E-state index contributed by atoms with van der Waals surface area (Å²) in [6.07, 6.45) is 1.80. The summed E-state index contributed by atoms with van der Waals surface area (Å²) in [5.41, 5.74) is 1.17. The Morgan fingerprint density at radius 2 is 2.00 bits per heavy atom. The second-order valence-electron chi connectivity index (χ2n) is 4.60. The van der Waals surface area contributed by atoms with Crippen LogP contribution < -0.4 is 0 Å². The fraction of sp³-hybridized carbons (Fsp3) is 0.538. The van der Waals surface area contributed by atoms with E-state index in [0.717, 1.165) is 17.3 Å². The highest BCUT2D eigenvalue weighted by Gasteiger charge is 2.28. The minimum Gasteiger partial charge on any atom is -0.284 e. The highest BCUT2D eigenvalue weighted by Crippen LogP contribution is 2.23. The number of rotatable bonds is 4. The van der Waals surface area contributed by atoms with Crippen molar-refractivity contribution in [1.29, 1.82) is 0 Å². The predicted octanol–water partition coefficient (Wildman–Crippen LogP) is 2.53. The van der Waals surface area contributed by atoms with E-state index in [2.05, 4.69) is 13.8 Å². The molecule has 0 amide bonds. The van der Waals surface area contributed by atoms with Crippen molar-refractivity contribution < 1.29 is 13.3 Å². The molecular formula is C13H19NO3S. The quantitative estimate of drug-likeness (QED) is 0.844. The van der Waals surface area contributed by atoms with E-state index in [1.807, 2.05) is 12.1 Å². The average Bonchev–Trinajstić information content (AvgIpc) is 2.92. The third-order valence-corrected chi connectivity index (χ3v) is 5.04. The maximum Gasteiger partial charge on any atom is 0.265 e. The predicted molar refractivity (Wildman–Crippen MR) is 69.6 cm³/mol. The molecule has 1 aromatic rings. The van der Waals surface area contributed by atoms with Gasteiger partial charge in [0.1, 0.15) is 0 Å². The van der Waals surface area contributed by atoms with Crippen LogP contribution in [0.5, 0.6) is 0 Å². The van der Waals surface area contributed by atoms with E-state index in [0.29, 0.717) is 24.0 Å². The third kappa shape index (κ3) is 2.58. The molecule has 0 N–H and O–H groups in total. The zero-order valence-electron chi connectivity index (χ0n) is 10.8. The Balaban J connectivity index is 2.23. The molecule has 1 aromatic carbocycles. The van der Waals surface area contributed by atoms with Gasteiger partial charge in [-0.25, -0.2) is 8.42 Å². The molecule has 18 heavy (non-hydrogen) atoms. The van der Waals surface area contributed by atoms with E-state index >= 15 is 0 Å². The zero-order valence-corrected chi connectivity index (χ0v) is 11.6. The molecule has 0 radical (unpaired) electrons. The number of benzene rings is 1. The zero-order chi connectivity index (χ0) is 13.2. The van der Waals surface area contributed by atoms with Gasteiger partial charge in [-0.05, 0) is 36.5 Å². The molecule has 4 nitrogen and oxygen atoms in total. The maximum atomic E-state index is 12.2. The van der Waals surface area contributed by atoms with Gasteiger partial charge in [-0.1, -0.05) is 30.4 Å². The number of hydroxylamine groups is 1. The van der Waals surface area contributed by atoms with Gasteiger partial charge in [0.2, 0.25) is 0 Å². The van der Waals surface area contributed by atoms with E-state index in [9.17, 15) is 8.42 Å². The van der Waals surface area contributed by atoms with Crippen molar-refractivity contribution in [3.8, 4) is 0 Å². The molecule has 1 saturated heterocycles. The van der Waals surface area contributed by atoms with E-state index in [1.165, 1.54) is 5.56 Å². The van der Waals surface area contributed by atoms with Crippen LogP contribution in [0.15, 0.2) is 29.2 Å². The molecule has 100 valence electrons. The number of hydrogen-bond donors (Lipinski definition) is 0. The molecule has 0 spiro atoms. The van der Waals surface area contributed by atoms with Crippen LogP contribution in [0, 0.1) is 0 Å². The van der Waals surface area contributed by atoms with E-state index in [1.54, 1.807) is 12.1 Å². The molecule has 0 bridgehead atoms. The van der Waals surface area contributed by atoms with Crippen molar-refractivity contribution in [2.45, 2.75) is 37.5 Å². The highest BCUT2D eigenvalue weighted by atomic mass is 32.2. The number of hydrogen-bond acceptors (Lipinski definition) is 3. The monoisotopic (exact) mass is 269 g/mol. The summed E-state index contributed by atoms with van der Waals surface area (Å²) in [5, 5.41) is 0. The Bertz CT molecular complexity index is 489. The summed E-state index contributed by atoms with van der Waals surface area (Å²) in [6.45, 7) is 5.17. The van der Waals surface area contributed by atoms with Gasteiger partial charge in [-0.3, -0.25) is 4.84 Å². The van der Waals surface area contributed by atoms with Crippen LogP contribution in [0.3, 0.4) is 0 Å². The van der Waals surface area contributed by atoms with Gasteiger partial charge in [0.05, 0.1) is 11.5 Å². The molecule has 1 aliphatic heterocycles. The topological polar surface area (TPSA) is 46.6 Å². The highest BCUT2D eigenvalue weighted by molar-refractivity contribution is 7.89. The number of sulfonamides is 1. The minimum absolute atomic E-state index is 0.302.